The van der Waals surface area contributed by atoms with Crippen molar-refractivity contribution in [3.8, 4) is 0 Å². The number of thioether (sulfide) groups is 1. The minimum Gasteiger partial charge on any atom is -0.416 e. The van der Waals surface area contributed by atoms with Crippen LogP contribution in [0.1, 0.15) is 5.89 Å². The first-order chi connectivity index (χ1) is 7.24. The van der Waals surface area contributed by atoms with Crippen LogP contribution in [0.15, 0.2) is 22.0 Å². The molecule has 15 heavy (non-hydrogen) atoms. The molecule has 0 aliphatic heterocycles. The highest BCUT2D eigenvalue weighted by molar-refractivity contribution is 7.99. The van der Waals surface area contributed by atoms with Crippen molar-refractivity contribution in [2.24, 2.45) is 0 Å². The van der Waals surface area contributed by atoms with Crippen molar-refractivity contribution in [2.75, 3.05) is 11.5 Å². The van der Waals surface area contributed by atoms with Crippen LogP contribution in [0, 0.1) is 6.92 Å². The van der Waals surface area contributed by atoms with Crippen molar-refractivity contribution in [3.63, 3.8) is 0 Å². The molecule has 0 spiro atoms. The molecule has 7 heteroatoms. The maximum absolute atomic E-state index is 5.53. The van der Waals surface area contributed by atoms with Crippen LogP contribution in [0.2, 0.25) is 0 Å². The largest absolute Gasteiger partial charge is 0.416 e. The molecule has 2 aromatic rings. The molecule has 0 bridgehead atoms. The van der Waals surface area contributed by atoms with E-state index in [0.717, 1.165) is 12.3 Å². The maximum atomic E-state index is 5.53. The summed E-state index contributed by atoms with van der Waals surface area (Å²) >= 11 is 1.50. The molecule has 0 saturated heterocycles. The van der Waals surface area contributed by atoms with Gasteiger partial charge in [-0.15, -0.1) is 10.2 Å². The Labute approximate surface area is 90.9 Å². The molecule has 80 valence electrons. The lowest BCUT2D eigenvalue weighted by Crippen LogP contribution is -2.00. The molecule has 0 aromatic carbocycles. The monoisotopic (exact) mass is 225 g/mol. The van der Waals surface area contributed by atoms with Gasteiger partial charge in [0.15, 0.2) is 0 Å². The molecule has 0 aliphatic carbocycles. The molecule has 2 rings (SSSR count). The molecule has 0 amide bonds. The Morgan fingerprint density at radius 2 is 2.40 bits per heavy atom. The Morgan fingerprint density at radius 3 is 3.00 bits per heavy atom. The topological polar surface area (TPSA) is 82.8 Å². The van der Waals surface area contributed by atoms with Gasteiger partial charge < -0.3 is 10.2 Å². The lowest BCUT2D eigenvalue weighted by Gasteiger charge is -1.97. The van der Waals surface area contributed by atoms with Crippen LogP contribution >= 0.6 is 11.8 Å². The molecule has 2 heterocycles. The highest BCUT2D eigenvalue weighted by atomic mass is 32.2. The normalized spacial score (nSPS) is 10.7. The minimum atomic E-state index is 0.584. The van der Waals surface area contributed by atoms with Crippen LogP contribution in [-0.4, -0.2) is 25.7 Å². The van der Waals surface area contributed by atoms with Crippen molar-refractivity contribution < 1.29 is 4.42 Å². The van der Waals surface area contributed by atoms with Gasteiger partial charge in [-0.05, 0) is 0 Å². The summed E-state index contributed by atoms with van der Waals surface area (Å²) in [6, 6.07) is 0. The quantitative estimate of drug-likeness (QED) is 0.780. The summed E-state index contributed by atoms with van der Waals surface area (Å²) in [4.78, 5) is 0. The van der Waals surface area contributed by atoms with Crippen LogP contribution in [0.25, 0.3) is 0 Å². The summed E-state index contributed by atoms with van der Waals surface area (Å²) in [7, 11) is 0. The molecule has 0 aliphatic rings. The SMILES string of the molecule is Cc1nnc(SCCn2cc(N)cn2)o1. The number of nitrogen functional groups attached to an aromatic ring is 1. The summed E-state index contributed by atoms with van der Waals surface area (Å²) in [5, 5.41) is 12.3. The fourth-order valence-electron chi connectivity index (χ4n) is 1.07. The van der Waals surface area contributed by atoms with Crippen molar-refractivity contribution in [1.29, 1.82) is 0 Å². The molecule has 0 unspecified atom stereocenters. The van der Waals surface area contributed by atoms with E-state index in [9.17, 15) is 0 Å². The van der Waals surface area contributed by atoms with Crippen LogP contribution in [-0.2, 0) is 6.54 Å². The fraction of sp³-hybridized carbons (Fsp3) is 0.375. The van der Waals surface area contributed by atoms with Crippen molar-refractivity contribution >= 4 is 17.4 Å². The third-order valence-corrected chi connectivity index (χ3v) is 2.51. The van der Waals surface area contributed by atoms with Gasteiger partial charge in [0.1, 0.15) is 0 Å². The predicted molar refractivity (Wildman–Crippen MR) is 56.4 cm³/mol. The molecular formula is C8H11N5OS. The maximum Gasteiger partial charge on any atom is 0.276 e. The third kappa shape index (κ3) is 2.72. The number of nitrogens with zero attached hydrogens (tertiary/aromatic N) is 4. The van der Waals surface area contributed by atoms with Gasteiger partial charge in [-0.2, -0.15) is 5.10 Å². The van der Waals surface area contributed by atoms with Crippen molar-refractivity contribution in [2.45, 2.75) is 18.7 Å². The van der Waals surface area contributed by atoms with Gasteiger partial charge in [-0.3, -0.25) is 4.68 Å². The zero-order valence-electron chi connectivity index (χ0n) is 8.25. The summed E-state index contributed by atoms with van der Waals surface area (Å²) in [5.41, 5.74) is 6.21. The lowest BCUT2D eigenvalue weighted by molar-refractivity contribution is 0.429. The van der Waals surface area contributed by atoms with E-state index >= 15 is 0 Å². The Bertz CT molecular complexity index is 397. The second-order valence-electron chi connectivity index (χ2n) is 2.97. The van der Waals surface area contributed by atoms with Gasteiger partial charge >= 0.3 is 0 Å². The van der Waals surface area contributed by atoms with Gasteiger partial charge in [0.25, 0.3) is 5.22 Å². The average Bonchev–Trinajstić information content (AvgIpc) is 2.76. The zero-order valence-corrected chi connectivity index (χ0v) is 9.07. The Morgan fingerprint density at radius 1 is 1.53 bits per heavy atom. The standard InChI is InChI=1S/C8H11N5OS/c1-6-11-12-8(14-6)15-3-2-13-5-7(9)4-10-13/h4-5H,2-3,9H2,1H3. The van der Waals surface area contributed by atoms with Gasteiger partial charge in [0.2, 0.25) is 5.89 Å². The summed E-state index contributed by atoms with van der Waals surface area (Å²) in [5.74, 6) is 1.41. The third-order valence-electron chi connectivity index (χ3n) is 1.71. The van der Waals surface area contributed by atoms with Gasteiger partial charge in [0.05, 0.1) is 18.4 Å². The van der Waals surface area contributed by atoms with Crippen LogP contribution in [0.3, 0.4) is 0 Å². The van der Waals surface area contributed by atoms with E-state index in [2.05, 4.69) is 15.3 Å². The first-order valence-electron chi connectivity index (χ1n) is 4.45. The number of anilines is 1. The van der Waals surface area contributed by atoms with E-state index in [0.29, 0.717) is 16.8 Å². The second kappa shape index (κ2) is 4.35. The Balaban J connectivity index is 1.80. The van der Waals surface area contributed by atoms with Crippen LogP contribution in [0.5, 0.6) is 0 Å². The molecule has 0 radical (unpaired) electrons. The van der Waals surface area contributed by atoms with Crippen molar-refractivity contribution in [1.82, 2.24) is 20.0 Å². The first kappa shape index (κ1) is 10.0. The van der Waals surface area contributed by atoms with E-state index in [1.165, 1.54) is 11.8 Å². The number of hydrogen-bond donors (Lipinski definition) is 1. The van der Waals surface area contributed by atoms with Crippen molar-refractivity contribution in [3.05, 3.63) is 18.3 Å². The molecule has 2 aromatic heterocycles. The molecule has 0 saturated carbocycles. The van der Waals surface area contributed by atoms with Crippen LogP contribution < -0.4 is 5.73 Å². The Hall–Kier alpha value is -1.50. The van der Waals surface area contributed by atoms with Gasteiger partial charge in [-0.25, -0.2) is 0 Å². The minimum absolute atomic E-state index is 0.584. The highest BCUT2D eigenvalue weighted by Crippen LogP contribution is 2.15. The number of nitrogens with two attached hydrogens (primary N) is 1. The Kier molecular flexibility index (Phi) is 2.91. The van der Waals surface area contributed by atoms with E-state index in [4.69, 9.17) is 10.2 Å². The van der Waals surface area contributed by atoms with Gasteiger partial charge in [0, 0.05) is 18.9 Å². The number of rotatable bonds is 4. The summed E-state index contributed by atoms with van der Waals surface area (Å²) in [6.45, 7) is 2.54. The van der Waals surface area contributed by atoms with E-state index < -0.39 is 0 Å². The summed E-state index contributed by atoms with van der Waals surface area (Å²) in [6.07, 6.45) is 3.42. The average molecular weight is 225 g/mol. The van der Waals surface area contributed by atoms with Crippen LogP contribution in [0.4, 0.5) is 5.69 Å². The van der Waals surface area contributed by atoms with Gasteiger partial charge in [-0.1, -0.05) is 11.8 Å². The smallest absolute Gasteiger partial charge is 0.276 e. The second-order valence-corrected chi connectivity index (χ2v) is 4.02. The predicted octanol–water partition coefficient (Wildman–Crippen LogP) is 0.949. The summed E-state index contributed by atoms with van der Waals surface area (Å²) < 4.78 is 7.00. The van der Waals surface area contributed by atoms with E-state index in [-0.39, 0.29) is 0 Å². The molecule has 0 atom stereocenters. The zero-order chi connectivity index (χ0) is 10.7. The molecular weight excluding hydrogens is 214 g/mol. The lowest BCUT2D eigenvalue weighted by atomic mass is 10.6. The molecule has 0 fully saturated rings. The highest BCUT2D eigenvalue weighted by Gasteiger charge is 2.02. The number of aromatic nitrogens is 4. The first-order valence-corrected chi connectivity index (χ1v) is 5.43. The molecule has 6 nitrogen and oxygen atoms in total. The molecule has 2 N–H and O–H groups in total. The van der Waals surface area contributed by atoms with E-state index in [1.807, 2.05) is 0 Å². The van der Waals surface area contributed by atoms with E-state index in [1.54, 1.807) is 24.0 Å². The number of hydrogen-bond acceptors (Lipinski definition) is 6. The number of aryl methyl sites for hydroxylation is 2. The fourth-order valence-corrected chi connectivity index (χ4v) is 1.80.